The number of carbonyl (C=O) groups excluding carboxylic acids is 1. The molecule has 0 saturated heterocycles. The molecular weight excluding hydrogens is 410 g/mol. The summed E-state index contributed by atoms with van der Waals surface area (Å²) in [6.45, 7) is 1.31. The first-order chi connectivity index (χ1) is 14.2. The molecule has 30 heavy (non-hydrogen) atoms. The van der Waals surface area contributed by atoms with Gasteiger partial charge in [0.15, 0.2) is 0 Å². The molecule has 2 N–H and O–H groups in total. The molecule has 0 heterocycles. The molecule has 0 spiro atoms. The molecule has 0 saturated carbocycles. The largest absolute Gasteiger partial charge is 0.320 e. The quantitative estimate of drug-likeness (QED) is 0.595. The van der Waals surface area contributed by atoms with Gasteiger partial charge in [-0.05, 0) is 35.7 Å². The lowest BCUT2D eigenvalue weighted by Crippen LogP contribution is -2.34. The van der Waals surface area contributed by atoms with Gasteiger partial charge >= 0.3 is 0 Å². The molecule has 0 aliphatic carbocycles. The lowest BCUT2D eigenvalue weighted by Gasteiger charge is -2.12. The van der Waals surface area contributed by atoms with Crippen LogP contribution in [0.15, 0.2) is 66.7 Å². The third kappa shape index (κ3) is 5.49. The zero-order chi connectivity index (χ0) is 21.7. The van der Waals surface area contributed by atoms with Gasteiger partial charge < -0.3 is 5.32 Å². The van der Waals surface area contributed by atoms with Crippen molar-refractivity contribution in [2.75, 3.05) is 11.9 Å². The van der Waals surface area contributed by atoms with Gasteiger partial charge in [-0.15, -0.1) is 0 Å². The molecule has 5 nitrogen and oxygen atoms in total. The second kappa shape index (κ2) is 9.15. The van der Waals surface area contributed by atoms with Crippen molar-refractivity contribution in [3.05, 3.63) is 89.5 Å². The number of hydrogen-bond acceptors (Lipinski definition) is 3. The molecule has 3 aromatic rings. The van der Waals surface area contributed by atoms with Gasteiger partial charge in [0.1, 0.15) is 17.3 Å². The minimum absolute atomic E-state index is 0.349. The van der Waals surface area contributed by atoms with Gasteiger partial charge in [-0.1, -0.05) is 60.2 Å². The normalized spacial score (nSPS) is 11.3. The van der Waals surface area contributed by atoms with Crippen molar-refractivity contribution >= 4 is 21.6 Å². The number of anilines is 1. The van der Waals surface area contributed by atoms with Crippen molar-refractivity contribution in [2.24, 2.45) is 0 Å². The van der Waals surface area contributed by atoms with Crippen LogP contribution in [0.2, 0.25) is 0 Å². The van der Waals surface area contributed by atoms with Gasteiger partial charge in [0.2, 0.25) is 15.9 Å². The van der Waals surface area contributed by atoms with E-state index in [2.05, 4.69) is 4.72 Å². The molecular formula is C22H20F2N2O3S. The summed E-state index contributed by atoms with van der Waals surface area (Å²) in [7, 11) is -3.88. The van der Waals surface area contributed by atoms with E-state index in [-0.39, 0.29) is 5.75 Å². The molecule has 0 radical (unpaired) electrons. The van der Waals surface area contributed by atoms with Crippen LogP contribution in [0.3, 0.4) is 0 Å². The number of hydrogen-bond donors (Lipinski definition) is 2. The van der Waals surface area contributed by atoms with E-state index in [1.807, 2.05) is 48.6 Å². The van der Waals surface area contributed by atoms with Crippen LogP contribution in [0.4, 0.5) is 14.5 Å². The summed E-state index contributed by atoms with van der Waals surface area (Å²) in [6.07, 6.45) is 0. The lowest BCUT2D eigenvalue weighted by molar-refractivity contribution is -0.115. The Balaban J connectivity index is 1.69. The maximum atomic E-state index is 13.6. The highest BCUT2D eigenvalue weighted by Gasteiger charge is 2.18. The number of nitrogens with one attached hydrogen (secondary N) is 2. The number of aryl methyl sites for hydroxylation is 1. The van der Waals surface area contributed by atoms with Crippen LogP contribution in [0, 0.1) is 18.6 Å². The van der Waals surface area contributed by atoms with Crippen LogP contribution < -0.4 is 10.0 Å². The van der Waals surface area contributed by atoms with E-state index >= 15 is 0 Å². The SMILES string of the molecule is Cc1ccc(-c2ccccc2CS(=O)(=O)NCC(=O)Nc2c(F)cccc2F)cc1. The molecule has 3 aromatic carbocycles. The molecule has 0 aliphatic rings. The fraction of sp³-hybridized carbons (Fsp3) is 0.136. The third-order valence-electron chi connectivity index (χ3n) is 4.41. The van der Waals surface area contributed by atoms with Crippen molar-refractivity contribution in [1.82, 2.24) is 4.72 Å². The molecule has 156 valence electrons. The van der Waals surface area contributed by atoms with E-state index in [1.54, 1.807) is 12.1 Å². The monoisotopic (exact) mass is 430 g/mol. The molecule has 0 fully saturated rings. The second-order valence-corrected chi connectivity index (χ2v) is 8.56. The Hall–Kier alpha value is -3.10. The lowest BCUT2D eigenvalue weighted by atomic mass is 10.00. The van der Waals surface area contributed by atoms with Crippen LogP contribution in [0.25, 0.3) is 11.1 Å². The summed E-state index contributed by atoms with van der Waals surface area (Å²) in [5.74, 6) is -3.12. The zero-order valence-electron chi connectivity index (χ0n) is 16.2. The summed E-state index contributed by atoms with van der Waals surface area (Å²) < 4.78 is 54.4. The summed E-state index contributed by atoms with van der Waals surface area (Å²) in [5.41, 5.74) is 2.67. The van der Waals surface area contributed by atoms with Crippen LogP contribution in [-0.4, -0.2) is 20.9 Å². The Labute approximate surface area is 173 Å². The average molecular weight is 430 g/mol. The third-order valence-corrected chi connectivity index (χ3v) is 5.68. The molecule has 0 aliphatic heterocycles. The van der Waals surface area contributed by atoms with Gasteiger partial charge in [-0.25, -0.2) is 21.9 Å². The fourth-order valence-corrected chi connectivity index (χ4v) is 4.01. The van der Waals surface area contributed by atoms with Gasteiger partial charge in [0.25, 0.3) is 0 Å². The van der Waals surface area contributed by atoms with Gasteiger partial charge in [-0.3, -0.25) is 4.79 Å². The molecule has 0 bridgehead atoms. The fourth-order valence-electron chi connectivity index (χ4n) is 2.89. The highest BCUT2D eigenvalue weighted by atomic mass is 32.2. The number of carbonyl (C=O) groups is 1. The maximum absolute atomic E-state index is 13.6. The van der Waals surface area contributed by atoms with Crippen molar-refractivity contribution in [3.63, 3.8) is 0 Å². The minimum Gasteiger partial charge on any atom is -0.320 e. The van der Waals surface area contributed by atoms with Crippen LogP contribution in [0.1, 0.15) is 11.1 Å². The molecule has 0 unspecified atom stereocenters. The second-order valence-electron chi connectivity index (χ2n) is 6.75. The average Bonchev–Trinajstić information content (AvgIpc) is 2.70. The first-order valence-electron chi connectivity index (χ1n) is 9.11. The van der Waals surface area contributed by atoms with Gasteiger partial charge in [-0.2, -0.15) is 0 Å². The topological polar surface area (TPSA) is 75.3 Å². The van der Waals surface area contributed by atoms with Crippen molar-refractivity contribution in [1.29, 1.82) is 0 Å². The number of amides is 1. The summed E-state index contributed by atoms with van der Waals surface area (Å²) in [5, 5.41) is 2.04. The molecule has 0 aromatic heterocycles. The Morgan fingerprint density at radius 1 is 0.900 bits per heavy atom. The van der Waals surface area contributed by atoms with E-state index in [9.17, 15) is 22.0 Å². The van der Waals surface area contributed by atoms with Crippen LogP contribution in [-0.2, 0) is 20.6 Å². The number of sulfonamides is 1. The van der Waals surface area contributed by atoms with Gasteiger partial charge in [0, 0.05) is 0 Å². The van der Waals surface area contributed by atoms with Crippen LogP contribution >= 0.6 is 0 Å². The van der Waals surface area contributed by atoms with E-state index in [1.165, 1.54) is 0 Å². The molecule has 1 amide bonds. The van der Waals surface area contributed by atoms with E-state index < -0.39 is 39.8 Å². The van der Waals surface area contributed by atoms with Crippen LogP contribution in [0.5, 0.6) is 0 Å². The molecule has 0 atom stereocenters. The minimum atomic E-state index is -3.88. The Bertz CT molecular complexity index is 1140. The van der Waals surface area contributed by atoms with Gasteiger partial charge in [0.05, 0.1) is 12.3 Å². The first kappa shape index (κ1) is 21.6. The maximum Gasteiger partial charge on any atom is 0.239 e. The Morgan fingerprint density at radius 3 is 2.20 bits per heavy atom. The number of rotatable bonds is 7. The standard InChI is InChI=1S/C22H20F2N2O3S/c1-15-9-11-16(12-10-15)18-6-3-2-5-17(18)14-30(28,29)25-13-21(27)26-22-19(23)7-4-8-20(22)24/h2-12,25H,13-14H2,1H3,(H,26,27). The van der Waals surface area contributed by atoms with Crippen molar-refractivity contribution in [2.45, 2.75) is 12.7 Å². The Morgan fingerprint density at radius 2 is 1.53 bits per heavy atom. The molecule has 8 heteroatoms. The summed E-state index contributed by atoms with van der Waals surface area (Å²) in [6, 6.07) is 17.9. The highest BCUT2D eigenvalue weighted by molar-refractivity contribution is 7.88. The summed E-state index contributed by atoms with van der Waals surface area (Å²) in [4.78, 5) is 12.0. The smallest absolute Gasteiger partial charge is 0.239 e. The number of halogens is 2. The van der Waals surface area contributed by atoms with Crippen molar-refractivity contribution < 1.29 is 22.0 Å². The van der Waals surface area contributed by atoms with E-state index in [0.717, 1.165) is 34.9 Å². The summed E-state index contributed by atoms with van der Waals surface area (Å²) >= 11 is 0. The molecule has 3 rings (SSSR count). The predicted molar refractivity (Wildman–Crippen MR) is 112 cm³/mol. The number of para-hydroxylation sites is 1. The highest BCUT2D eigenvalue weighted by Crippen LogP contribution is 2.25. The van der Waals surface area contributed by atoms with E-state index in [0.29, 0.717) is 5.56 Å². The zero-order valence-corrected chi connectivity index (χ0v) is 17.0. The Kier molecular flexibility index (Phi) is 6.59. The predicted octanol–water partition coefficient (Wildman–Crippen LogP) is 4.00. The number of benzene rings is 3. The van der Waals surface area contributed by atoms with Crippen molar-refractivity contribution in [3.8, 4) is 11.1 Å². The van der Waals surface area contributed by atoms with E-state index in [4.69, 9.17) is 0 Å². The first-order valence-corrected chi connectivity index (χ1v) is 10.8.